The topological polar surface area (TPSA) is 29.1 Å². The summed E-state index contributed by atoms with van der Waals surface area (Å²) in [7, 11) is 1.83. The van der Waals surface area contributed by atoms with Crippen molar-refractivity contribution in [3.05, 3.63) is 0 Å². The average molecular weight is 143 g/mol. The van der Waals surface area contributed by atoms with Gasteiger partial charge in [0.25, 0.3) is 0 Å². The Morgan fingerprint density at radius 2 is 2.00 bits per heavy atom. The molecule has 0 aromatic carbocycles. The number of hydrogen-bond acceptors (Lipinski definition) is 2. The van der Waals surface area contributed by atoms with E-state index in [-0.39, 0.29) is 11.3 Å². The molecule has 0 saturated carbocycles. The van der Waals surface area contributed by atoms with Crippen molar-refractivity contribution in [3.8, 4) is 0 Å². The van der Waals surface area contributed by atoms with Gasteiger partial charge in [-0.05, 0) is 20.4 Å². The molecule has 2 heteroatoms. The standard InChI is InChI=1S/C8H17NO/c1-5-7(10)8(3,6-2)9-4/h9H,5-6H2,1-4H3. The lowest BCUT2D eigenvalue weighted by Crippen LogP contribution is -2.46. The number of carbonyl (C=O) groups excluding carboxylic acids is 1. The molecule has 0 bridgehead atoms. The van der Waals surface area contributed by atoms with Crippen molar-refractivity contribution < 1.29 is 4.79 Å². The highest BCUT2D eigenvalue weighted by Gasteiger charge is 2.26. The molecule has 0 aromatic rings. The van der Waals surface area contributed by atoms with Crippen molar-refractivity contribution in [3.63, 3.8) is 0 Å². The fraction of sp³-hybridized carbons (Fsp3) is 0.875. The van der Waals surface area contributed by atoms with Crippen LogP contribution in [-0.2, 0) is 4.79 Å². The summed E-state index contributed by atoms with van der Waals surface area (Å²) in [6, 6.07) is 0. The van der Waals surface area contributed by atoms with Crippen molar-refractivity contribution in [2.24, 2.45) is 0 Å². The van der Waals surface area contributed by atoms with Gasteiger partial charge in [-0.2, -0.15) is 0 Å². The van der Waals surface area contributed by atoms with E-state index in [1.165, 1.54) is 0 Å². The van der Waals surface area contributed by atoms with Gasteiger partial charge in [0.05, 0.1) is 5.54 Å². The van der Waals surface area contributed by atoms with Gasteiger partial charge in [0.15, 0.2) is 5.78 Å². The molecule has 1 N–H and O–H groups in total. The SMILES string of the molecule is CCC(=O)C(C)(CC)NC. The molecule has 0 saturated heterocycles. The first-order valence-electron chi connectivity index (χ1n) is 3.83. The van der Waals surface area contributed by atoms with Gasteiger partial charge in [0.1, 0.15) is 0 Å². The molecule has 1 unspecified atom stereocenters. The minimum absolute atomic E-state index is 0.289. The number of nitrogens with one attached hydrogen (secondary N) is 1. The summed E-state index contributed by atoms with van der Waals surface area (Å²) in [4.78, 5) is 11.2. The fourth-order valence-corrected chi connectivity index (χ4v) is 0.904. The first-order valence-corrected chi connectivity index (χ1v) is 3.83. The summed E-state index contributed by atoms with van der Waals surface area (Å²) >= 11 is 0. The van der Waals surface area contributed by atoms with Gasteiger partial charge in [-0.1, -0.05) is 13.8 Å². The molecule has 0 fully saturated rings. The normalized spacial score (nSPS) is 16.4. The molecule has 0 aliphatic carbocycles. The van der Waals surface area contributed by atoms with Crippen LogP contribution in [0.1, 0.15) is 33.6 Å². The van der Waals surface area contributed by atoms with Crippen molar-refractivity contribution in [2.75, 3.05) is 7.05 Å². The van der Waals surface area contributed by atoms with Gasteiger partial charge < -0.3 is 5.32 Å². The lowest BCUT2D eigenvalue weighted by molar-refractivity contribution is -0.124. The van der Waals surface area contributed by atoms with Gasteiger partial charge in [-0.3, -0.25) is 4.79 Å². The third-order valence-electron chi connectivity index (χ3n) is 2.20. The first-order chi connectivity index (χ1) is 4.60. The van der Waals surface area contributed by atoms with Crippen LogP contribution in [0, 0.1) is 0 Å². The molecule has 0 amide bonds. The smallest absolute Gasteiger partial charge is 0.152 e. The lowest BCUT2D eigenvalue weighted by Gasteiger charge is -2.25. The van der Waals surface area contributed by atoms with E-state index >= 15 is 0 Å². The Hall–Kier alpha value is -0.370. The van der Waals surface area contributed by atoms with Crippen LogP contribution < -0.4 is 5.32 Å². The third-order valence-corrected chi connectivity index (χ3v) is 2.20. The molecule has 0 aliphatic rings. The van der Waals surface area contributed by atoms with Crippen LogP contribution in [0.25, 0.3) is 0 Å². The van der Waals surface area contributed by atoms with Gasteiger partial charge >= 0.3 is 0 Å². The number of hydrogen-bond donors (Lipinski definition) is 1. The van der Waals surface area contributed by atoms with Crippen molar-refractivity contribution in [2.45, 2.75) is 39.2 Å². The summed E-state index contributed by atoms with van der Waals surface area (Å²) < 4.78 is 0. The summed E-state index contributed by atoms with van der Waals surface area (Å²) in [5.74, 6) is 0.289. The molecule has 1 atom stereocenters. The maximum Gasteiger partial charge on any atom is 0.152 e. The predicted octanol–water partition coefficient (Wildman–Crippen LogP) is 1.35. The second kappa shape index (κ2) is 3.71. The van der Waals surface area contributed by atoms with Crippen molar-refractivity contribution in [1.82, 2.24) is 5.32 Å². The molecule has 0 heterocycles. The zero-order valence-electron chi connectivity index (χ0n) is 7.32. The van der Waals surface area contributed by atoms with E-state index in [9.17, 15) is 4.79 Å². The monoisotopic (exact) mass is 143 g/mol. The Kier molecular flexibility index (Phi) is 3.58. The summed E-state index contributed by atoms with van der Waals surface area (Å²) in [6.45, 7) is 5.86. The predicted molar refractivity (Wildman–Crippen MR) is 43.1 cm³/mol. The Morgan fingerprint density at radius 3 is 2.10 bits per heavy atom. The lowest BCUT2D eigenvalue weighted by atomic mass is 9.92. The fourth-order valence-electron chi connectivity index (χ4n) is 0.904. The molecule has 0 spiro atoms. The van der Waals surface area contributed by atoms with E-state index in [0.717, 1.165) is 6.42 Å². The van der Waals surface area contributed by atoms with Crippen molar-refractivity contribution >= 4 is 5.78 Å². The third kappa shape index (κ3) is 1.81. The zero-order valence-corrected chi connectivity index (χ0v) is 7.32. The highest BCUT2D eigenvalue weighted by atomic mass is 16.1. The highest BCUT2D eigenvalue weighted by Crippen LogP contribution is 2.11. The minimum Gasteiger partial charge on any atom is -0.308 e. The van der Waals surface area contributed by atoms with E-state index in [0.29, 0.717) is 6.42 Å². The van der Waals surface area contributed by atoms with Crippen molar-refractivity contribution in [1.29, 1.82) is 0 Å². The van der Waals surface area contributed by atoms with Gasteiger partial charge in [0, 0.05) is 6.42 Å². The van der Waals surface area contributed by atoms with Crippen LogP contribution in [0.4, 0.5) is 0 Å². The molecule has 0 aromatic heterocycles. The Morgan fingerprint density at radius 1 is 1.50 bits per heavy atom. The number of carbonyl (C=O) groups is 1. The number of ketones is 1. The molecular formula is C8H17NO. The van der Waals surface area contributed by atoms with Gasteiger partial charge in [0.2, 0.25) is 0 Å². The molecular weight excluding hydrogens is 126 g/mol. The Balaban J connectivity index is 4.17. The van der Waals surface area contributed by atoms with Crippen LogP contribution in [0.2, 0.25) is 0 Å². The van der Waals surface area contributed by atoms with Gasteiger partial charge in [-0.15, -0.1) is 0 Å². The maximum absolute atomic E-state index is 11.2. The van der Waals surface area contributed by atoms with E-state index in [2.05, 4.69) is 5.32 Å². The summed E-state index contributed by atoms with van der Waals surface area (Å²) in [5, 5.41) is 3.03. The molecule has 60 valence electrons. The summed E-state index contributed by atoms with van der Waals surface area (Å²) in [5.41, 5.74) is -0.297. The zero-order chi connectivity index (χ0) is 8.20. The second-order valence-electron chi connectivity index (χ2n) is 2.71. The van der Waals surface area contributed by atoms with Crippen LogP contribution in [-0.4, -0.2) is 18.4 Å². The minimum atomic E-state index is -0.297. The molecule has 0 rings (SSSR count). The highest BCUT2D eigenvalue weighted by molar-refractivity contribution is 5.87. The van der Waals surface area contributed by atoms with E-state index in [4.69, 9.17) is 0 Å². The molecule has 10 heavy (non-hydrogen) atoms. The Bertz CT molecular complexity index is 116. The van der Waals surface area contributed by atoms with E-state index in [1.807, 2.05) is 27.8 Å². The Labute approximate surface area is 63.0 Å². The van der Waals surface area contributed by atoms with E-state index < -0.39 is 0 Å². The number of Topliss-reactive ketones (excluding diaryl/α,β-unsaturated/α-hetero) is 1. The second-order valence-corrected chi connectivity index (χ2v) is 2.71. The van der Waals surface area contributed by atoms with Gasteiger partial charge in [-0.25, -0.2) is 0 Å². The number of likely N-dealkylation sites (N-methyl/N-ethyl adjacent to an activating group) is 1. The average Bonchev–Trinajstić information content (AvgIpc) is 2.01. The quantitative estimate of drug-likeness (QED) is 0.643. The first kappa shape index (κ1) is 9.63. The maximum atomic E-state index is 11.2. The summed E-state index contributed by atoms with van der Waals surface area (Å²) in [6.07, 6.45) is 1.47. The van der Waals surface area contributed by atoms with Crippen LogP contribution in [0.3, 0.4) is 0 Å². The molecule has 0 radical (unpaired) electrons. The molecule has 0 aliphatic heterocycles. The van der Waals surface area contributed by atoms with Crippen LogP contribution in [0.5, 0.6) is 0 Å². The van der Waals surface area contributed by atoms with E-state index in [1.54, 1.807) is 0 Å². The van der Waals surface area contributed by atoms with Crippen LogP contribution in [0.15, 0.2) is 0 Å². The molecule has 2 nitrogen and oxygen atoms in total. The number of rotatable bonds is 4. The largest absolute Gasteiger partial charge is 0.308 e. The van der Waals surface area contributed by atoms with Crippen LogP contribution >= 0.6 is 0 Å².